The first kappa shape index (κ1) is 17.6. The molecule has 3 aromatic carbocycles. The number of amides is 1. The molecule has 0 unspecified atom stereocenters. The normalized spacial score (nSPS) is 15.9. The van der Waals surface area contributed by atoms with Crippen molar-refractivity contribution in [2.45, 2.75) is 12.5 Å². The molecule has 0 saturated heterocycles. The summed E-state index contributed by atoms with van der Waals surface area (Å²) >= 11 is 6.53. The van der Waals surface area contributed by atoms with Gasteiger partial charge in [0, 0.05) is 17.1 Å². The second kappa shape index (κ2) is 7.45. The summed E-state index contributed by atoms with van der Waals surface area (Å²) in [6.45, 7) is 0.651. The lowest BCUT2D eigenvalue weighted by molar-refractivity contribution is 0.0694. The largest absolute Gasteiger partial charge is 0.497 e. The van der Waals surface area contributed by atoms with Crippen molar-refractivity contribution in [3.8, 4) is 5.75 Å². The lowest BCUT2D eigenvalue weighted by Gasteiger charge is -2.38. The Bertz CT molecular complexity index is 968. The first-order chi connectivity index (χ1) is 13.2. The summed E-state index contributed by atoms with van der Waals surface area (Å²) in [5.74, 6) is 0.732. The quantitative estimate of drug-likeness (QED) is 0.632. The summed E-state index contributed by atoms with van der Waals surface area (Å²) in [6.07, 6.45) is 0.832. The molecule has 0 bridgehead atoms. The number of carbonyl (C=O) groups is 1. The molecule has 1 aliphatic rings. The van der Waals surface area contributed by atoms with E-state index in [9.17, 15) is 4.79 Å². The van der Waals surface area contributed by atoms with E-state index in [0.717, 1.165) is 23.3 Å². The van der Waals surface area contributed by atoms with Crippen LogP contribution in [0.1, 0.15) is 33.1 Å². The molecule has 0 radical (unpaired) electrons. The molecule has 0 N–H and O–H groups in total. The molecule has 1 heterocycles. The van der Waals surface area contributed by atoms with Crippen LogP contribution in [0.3, 0.4) is 0 Å². The zero-order chi connectivity index (χ0) is 18.8. The number of nitrogens with zero attached hydrogens (tertiary/aromatic N) is 1. The molecule has 1 aliphatic heterocycles. The third-order valence-electron chi connectivity index (χ3n) is 5.08. The number of benzene rings is 3. The van der Waals surface area contributed by atoms with Crippen molar-refractivity contribution in [3.63, 3.8) is 0 Å². The van der Waals surface area contributed by atoms with Crippen molar-refractivity contribution in [1.29, 1.82) is 0 Å². The minimum absolute atomic E-state index is 0.00271. The van der Waals surface area contributed by atoms with Gasteiger partial charge in [-0.15, -0.1) is 0 Å². The van der Waals surface area contributed by atoms with Crippen LogP contribution in [0.4, 0.5) is 0 Å². The molecule has 0 fully saturated rings. The molecule has 0 aliphatic carbocycles. The number of rotatable bonds is 3. The Morgan fingerprint density at radius 1 is 0.963 bits per heavy atom. The maximum atomic E-state index is 13.3. The van der Waals surface area contributed by atoms with Gasteiger partial charge >= 0.3 is 0 Å². The van der Waals surface area contributed by atoms with Gasteiger partial charge in [-0.3, -0.25) is 4.79 Å². The van der Waals surface area contributed by atoms with Crippen LogP contribution in [0.15, 0.2) is 72.8 Å². The topological polar surface area (TPSA) is 29.5 Å². The van der Waals surface area contributed by atoms with Crippen LogP contribution >= 0.6 is 11.6 Å². The van der Waals surface area contributed by atoms with Crippen molar-refractivity contribution < 1.29 is 9.53 Å². The highest BCUT2D eigenvalue weighted by Crippen LogP contribution is 2.38. The van der Waals surface area contributed by atoms with Crippen molar-refractivity contribution >= 4 is 17.5 Å². The molecule has 27 heavy (non-hydrogen) atoms. The van der Waals surface area contributed by atoms with Crippen LogP contribution in [0.2, 0.25) is 5.02 Å². The minimum Gasteiger partial charge on any atom is -0.497 e. The van der Waals surface area contributed by atoms with Crippen LogP contribution in [0.25, 0.3) is 0 Å². The first-order valence-electron chi connectivity index (χ1n) is 8.96. The Morgan fingerprint density at radius 3 is 2.33 bits per heavy atom. The zero-order valence-electron chi connectivity index (χ0n) is 15.1. The average molecular weight is 378 g/mol. The van der Waals surface area contributed by atoms with Gasteiger partial charge < -0.3 is 9.64 Å². The van der Waals surface area contributed by atoms with Crippen LogP contribution in [0, 0.1) is 0 Å². The Kier molecular flexibility index (Phi) is 4.87. The second-order valence-electron chi connectivity index (χ2n) is 6.60. The predicted molar refractivity (Wildman–Crippen MR) is 107 cm³/mol. The van der Waals surface area contributed by atoms with Gasteiger partial charge in [0.25, 0.3) is 5.91 Å². The molecule has 0 spiro atoms. The third-order valence-corrected chi connectivity index (χ3v) is 5.43. The van der Waals surface area contributed by atoms with E-state index in [2.05, 4.69) is 12.1 Å². The summed E-state index contributed by atoms with van der Waals surface area (Å²) in [5, 5.41) is 0.673. The molecule has 3 aromatic rings. The van der Waals surface area contributed by atoms with E-state index in [0.29, 0.717) is 17.1 Å². The number of hydrogen-bond donors (Lipinski definition) is 0. The van der Waals surface area contributed by atoms with Crippen LogP contribution in [-0.4, -0.2) is 24.5 Å². The number of ether oxygens (including phenoxy) is 1. The smallest absolute Gasteiger partial charge is 0.254 e. The van der Waals surface area contributed by atoms with E-state index >= 15 is 0 Å². The molecule has 1 atom stereocenters. The molecular formula is C23H20ClNO2. The molecule has 3 nitrogen and oxygen atoms in total. The standard InChI is InChI=1S/C23H20ClNO2/c1-27-18-12-10-17(11-13-18)23(26)25-15-14-16-6-2-3-7-19(16)22(25)20-8-4-5-9-21(20)24/h2-13,22H,14-15H2,1H3/t22-/m0/s1. The second-order valence-corrected chi connectivity index (χ2v) is 7.01. The molecule has 136 valence electrons. The number of carbonyl (C=O) groups excluding carboxylic acids is 1. The first-order valence-corrected chi connectivity index (χ1v) is 9.34. The van der Waals surface area contributed by atoms with Crippen molar-refractivity contribution in [3.05, 3.63) is 100 Å². The third kappa shape index (κ3) is 3.31. The van der Waals surface area contributed by atoms with Gasteiger partial charge in [0.15, 0.2) is 0 Å². The number of methoxy groups -OCH3 is 1. The zero-order valence-corrected chi connectivity index (χ0v) is 15.8. The Balaban J connectivity index is 1.78. The highest BCUT2D eigenvalue weighted by atomic mass is 35.5. The van der Waals surface area contributed by atoms with Gasteiger partial charge in [0.1, 0.15) is 5.75 Å². The fourth-order valence-electron chi connectivity index (χ4n) is 3.72. The minimum atomic E-state index is -0.196. The fraction of sp³-hybridized carbons (Fsp3) is 0.174. The van der Waals surface area contributed by atoms with Gasteiger partial charge in [-0.1, -0.05) is 54.1 Å². The molecule has 0 aromatic heterocycles. The molecule has 4 heteroatoms. The molecule has 1 amide bonds. The summed E-state index contributed by atoms with van der Waals surface area (Å²) in [5.41, 5.74) is 4.00. The van der Waals surface area contributed by atoms with E-state index < -0.39 is 0 Å². The van der Waals surface area contributed by atoms with E-state index in [1.54, 1.807) is 7.11 Å². The van der Waals surface area contributed by atoms with Crippen LogP contribution in [0.5, 0.6) is 5.75 Å². The Hall–Kier alpha value is -2.78. The van der Waals surface area contributed by atoms with Gasteiger partial charge in [0.2, 0.25) is 0 Å². The van der Waals surface area contributed by atoms with E-state index in [1.807, 2.05) is 65.6 Å². The van der Waals surface area contributed by atoms with Crippen LogP contribution < -0.4 is 4.74 Å². The lowest BCUT2D eigenvalue weighted by atomic mass is 9.87. The molecule has 4 rings (SSSR count). The monoisotopic (exact) mass is 377 g/mol. The molecule has 0 saturated carbocycles. The van der Waals surface area contributed by atoms with Crippen molar-refractivity contribution in [2.75, 3.05) is 13.7 Å². The Morgan fingerprint density at radius 2 is 1.63 bits per heavy atom. The SMILES string of the molecule is COc1ccc(C(=O)N2CCc3ccccc3[C@H]2c2ccccc2Cl)cc1. The lowest BCUT2D eigenvalue weighted by Crippen LogP contribution is -2.40. The number of fused-ring (bicyclic) bond motifs is 1. The fourth-order valence-corrected chi connectivity index (χ4v) is 3.96. The number of hydrogen-bond acceptors (Lipinski definition) is 2. The van der Waals surface area contributed by atoms with E-state index in [4.69, 9.17) is 16.3 Å². The highest BCUT2D eigenvalue weighted by Gasteiger charge is 2.33. The van der Waals surface area contributed by atoms with Crippen molar-refractivity contribution in [2.24, 2.45) is 0 Å². The Labute approximate surface area is 164 Å². The summed E-state index contributed by atoms with van der Waals surface area (Å²) in [6, 6.07) is 23.1. The van der Waals surface area contributed by atoms with Gasteiger partial charge in [-0.2, -0.15) is 0 Å². The van der Waals surface area contributed by atoms with Crippen LogP contribution in [-0.2, 0) is 6.42 Å². The summed E-state index contributed by atoms with van der Waals surface area (Å²) in [4.78, 5) is 15.3. The van der Waals surface area contributed by atoms with Gasteiger partial charge in [0.05, 0.1) is 13.2 Å². The molecular weight excluding hydrogens is 358 g/mol. The maximum Gasteiger partial charge on any atom is 0.254 e. The summed E-state index contributed by atoms with van der Waals surface area (Å²) in [7, 11) is 1.62. The van der Waals surface area contributed by atoms with Gasteiger partial charge in [-0.05, 0) is 53.4 Å². The highest BCUT2D eigenvalue weighted by molar-refractivity contribution is 6.31. The maximum absolute atomic E-state index is 13.3. The van der Waals surface area contributed by atoms with E-state index in [1.165, 1.54) is 5.56 Å². The summed E-state index contributed by atoms with van der Waals surface area (Å²) < 4.78 is 5.20. The van der Waals surface area contributed by atoms with E-state index in [-0.39, 0.29) is 11.9 Å². The predicted octanol–water partition coefficient (Wildman–Crippen LogP) is 5.14. The average Bonchev–Trinajstić information content (AvgIpc) is 2.73. The number of halogens is 1. The van der Waals surface area contributed by atoms with Crippen molar-refractivity contribution in [1.82, 2.24) is 4.90 Å². The van der Waals surface area contributed by atoms with Gasteiger partial charge in [-0.25, -0.2) is 0 Å².